The van der Waals surface area contributed by atoms with Gasteiger partial charge in [-0.3, -0.25) is 4.79 Å². The molecule has 1 unspecified atom stereocenters. The molecule has 0 aliphatic carbocycles. The number of carboxylic acid groups (broad SMARTS) is 1. The second kappa shape index (κ2) is 8.26. The van der Waals surface area contributed by atoms with Crippen LogP contribution < -0.4 is 5.32 Å². The van der Waals surface area contributed by atoms with Crippen LogP contribution in [0.3, 0.4) is 0 Å². The van der Waals surface area contributed by atoms with Gasteiger partial charge in [0, 0.05) is 4.75 Å². The van der Waals surface area contributed by atoms with E-state index >= 15 is 0 Å². The fourth-order valence-electron chi connectivity index (χ4n) is 1.52. The van der Waals surface area contributed by atoms with Crippen LogP contribution in [-0.2, 0) is 19.1 Å². The Kier molecular flexibility index (Phi) is 7.72. The number of rotatable bonds is 7. The van der Waals surface area contributed by atoms with E-state index in [9.17, 15) is 19.5 Å². The van der Waals surface area contributed by atoms with E-state index in [4.69, 9.17) is 9.47 Å². The number of nitrogens with one attached hydrogen (secondary N) is 1. The first kappa shape index (κ1) is 20.6. The monoisotopic (exact) mass is 335 g/mol. The molecule has 0 aromatic heterocycles. The van der Waals surface area contributed by atoms with Gasteiger partial charge in [0.15, 0.2) is 0 Å². The third-order valence-electron chi connectivity index (χ3n) is 2.46. The molecule has 0 bridgehead atoms. The Morgan fingerprint density at radius 3 is 2.14 bits per heavy atom. The molecule has 1 amide bonds. The van der Waals surface area contributed by atoms with Crippen LogP contribution in [0.4, 0.5) is 4.79 Å². The average Bonchev–Trinajstić information content (AvgIpc) is 2.31. The third-order valence-corrected chi connectivity index (χ3v) is 3.82. The zero-order chi connectivity index (χ0) is 17.6. The molecule has 0 aromatic rings. The van der Waals surface area contributed by atoms with Crippen molar-refractivity contribution in [2.75, 3.05) is 12.4 Å². The zero-order valence-corrected chi connectivity index (χ0v) is 14.7. The molecule has 0 aromatic carbocycles. The van der Waals surface area contributed by atoms with Gasteiger partial charge in [-0.2, -0.15) is 0 Å². The Hall–Kier alpha value is -1.44. The third kappa shape index (κ3) is 8.11. The van der Waals surface area contributed by atoms with Crippen molar-refractivity contribution in [1.82, 2.24) is 5.32 Å². The number of amides is 1. The maximum atomic E-state index is 11.7. The van der Waals surface area contributed by atoms with Gasteiger partial charge in [0.1, 0.15) is 11.6 Å². The SMILES string of the molecule is CCOC(=O)NC(C(=O)O)C(C)(C)SCC(=O)OC(C)(C)C. The Labute approximate surface area is 135 Å². The lowest BCUT2D eigenvalue weighted by atomic mass is 10.0. The van der Waals surface area contributed by atoms with Crippen molar-refractivity contribution < 1.29 is 29.0 Å². The van der Waals surface area contributed by atoms with Crippen molar-refractivity contribution in [3.8, 4) is 0 Å². The van der Waals surface area contributed by atoms with Gasteiger partial charge in [-0.1, -0.05) is 0 Å². The molecule has 0 heterocycles. The van der Waals surface area contributed by atoms with Gasteiger partial charge in [0.2, 0.25) is 0 Å². The first-order valence-corrected chi connectivity index (χ1v) is 7.89. The first-order valence-electron chi connectivity index (χ1n) is 6.91. The maximum absolute atomic E-state index is 11.7. The Morgan fingerprint density at radius 2 is 1.73 bits per heavy atom. The summed E-state index contributed by atoms with van der Waals surface area (Å²) >= 11 is 1.10. The fourth-order valence-corrected chi connectivity index (χ4v) is 2.40. The molecular formula is C14H25NO6S. The zero-order valence-electron chi connectivity index (χ0n) is 13.9. The number of carboxylic acids is 1. The molecule has 0 aliphatic heterocycles. The standard InChI is InChI=1S/C14H25NO6S/c1-7-20-12(19)15-10(11(17)18)14(5,6)22-8-9(16)21-13(2,3)4/h10H,7-8H2,1-6H3,(H,15,19)(H,17,18). The Balaban J connectivity index is 4.74. The van der Waals surface area contributed by atoms with Crippen LogP contribution in [-0.4, -0.2) is 51.9 Å². The molecule has 128 valence electrons. The van der Waals surface area contributed by atoms with Gasteiger partial charge >= 0.3 is 18.0 Å². The molecular weight excluding hydrogens is 310 g/mol. The minimum atomic E-state index is -1.20. The molecule has 22 heavy (non-hydrogen) atoms. The van der Waals surface area contributed by atoms with Gasteiger partial charge in [-0.05, 0) is 41.5 Å². The highest BCUT2D eigenvalue weighted by molar-refractivity contribution is 8.01. The van der Waals surface area contributed by atoms with Crippen LogP contribution in [0.5, 0.6) is 0 Å². The van der Waals surface area contributed by atoms with Crippen molar-refractivity contribution in [3.05, 3.63) is 0 Å². The molecule has 1 atom stereocenters. The fraction of sp³-hybridized carbons (Fsp3) is 0.786. The van der Waals surface area contributed by atoms with Gasteiger partial charge in [0.25, 0.3) is 0 Å². The van der Waals surface area contributed by atoms with Crippen molar-refractivity contribution in [3.63, 3.8) is 0 Å². The van der Waals surface area contributed by atoms with Crippen molar-refractivity contribution in [1.29, 1.82) is 0 Å². The number of esters is 1. The number of hydrogen-bond donors (Lipinski definition) is 2. The summed E-state index contributed by atoms with van der Waals surface area (Å²) in [6, 6.07) is -1.20. The van der Waals surface area contributed by atoms with E-state index in [2.05, 4.69) is 5.32 Å². The second-order valence-electron chi connectivity index (χ2n) is 6.11. The number of hydrogen-bond acceptors (Lipinski definition) is 6. The molecule has 0 rings (SSSR count). The van der Waals surface area contributed by atoms with E-state index in [1.807, 2.05) is 0 Å². The number of alkyl carbamates (subject to hydrolysis) is 1. The van der Waals surface area contributed by atoms with Crippen molar-refractivity contribution >= 4 is 29.8 Å². The first-order chi connectivity index (χ1) is 9.89. The van der Waals surface area contributed by atoms with Crippen LogP contribution in [0.1, 0.15) is 41.5 Å². The predicted molar refractivity (Wildman–Crippen MR) is 84.0 cm³/mol. The lowest BCUT2D eigenvalue weighted by Crippen LogP contribution is -2.53. The largest absolute Gasteiger partial charge is 0.480 e. The summed E-state index contributed by atoms with van der Waals surface area (Å²) in [4.78, 5) is 34.5. The van der Waals surface area contributed by atoms with Crippen LogP contribution in [0.15, 0.2) is 0 Å². The molecule has 2 N–H and O–H groups in total. The number of carbonyl (C=O) groups is 3. The summed E-state index contributed by atoms with van der Waals surface area (Å²) in [6.45, 7) is 10.3. The summed E-state index contributed by atoms with van der Waals surface area (Å²) in [6.07, 6.45) is -0.805. The van der Waals surface area contributed by atoms with Crippen LogP contribution in [0.2, 0.25) is 0 Å². The highest BCUT2D eigenvalue weighted by Crippen LogP contribution is 2.29. The van der Waals surface area contributed by atoms with Gasteiger partial charge in [0.05, 0.1) is 12.4 Å². The summed E-state index contributed by atoms with van der Waals surface area (Å²) in [7, 11) is 0. The summed E-state index contributed by atoms with van der Waals surface area (Å²) in [5.74, 6) is -1.65. The normalized spacial score (nSPS) is 13.2. The molecule has 0 radical (unpaired) electrons. The van der Waals surface area contributed by atoms with E-state index < -0.39 is 34.4 Å². The molecule has 8 heteroatoms. The number of ether oxygens (including phenoxy) is 2. The molecule has 0 saturated heterocycles. The number of aliphatic carboxylic acids is 1. The van der Waals surface area contributed by atoms with E-state index in [1.165, 1.54) is 0 Å². The smallest absolute Gasteiger partial charge is 0.407 e. The van der Waals surface area contributed by atoms with Crippen molar-refractivity contribution in [2.24, 2.45) is 0 Å². The molecule has 0 saturated carbocycles. The van der Waals surface area contributed by atoms with Crippen LogP contribution in [0, 0.1) is 0 Å². The molecule has 0 spiro atoms. The van der Waals surface area contributed by atoms with E-state index in [-0.39, 0.29) is 12.4 Å². The Morgan fingerprint density at radius 1 is 1.18 bits per heavy atom. The van der Waals surface area contributed by atoms with Crippen LogP contribution in [0.25, 0.3) is 0 Å². The number of thioether (sulfide) groups is 1. The minimum Gasteiger partial charge on any atom is -0.480 e. The van der Waals surface area contributed by atoms with Gasteiger partial charge < -0.3 is 19.9 Å². The molecule has 0 fully saturated rings. The molecule has 7 nitrogen and oxygen atoms in total. The lowest BCUT2D eigenvalue weighted by molar-refractivity contribution is -0.151. The van der Waals surface area contributed by atoms with E-state index in [0.29, 0.717) is 0 Å². The number of carbonyl (C=O) groups excluding carboxylic acids is 2. The van der Waals surface area contributed by atoms with Gasteiger partial charge in [-0.25, -0.2) is 9.59 Å². The highest BCUT2D eigenvalue weighted by atomic mass is 32.2. The predicted octanol–water partition coefficient (Wildman–Crippen LogP) is 2.04. The van der Waals surface area contributed by atoms with Crippen LogP contribution >= 0.6 is 11.8 Å². The molecule has 0 aliphatic rings. The Bertz CT molecular complexity index is 416. The topological polar surface area (TPSA) is 102 Å². The maximum Gasteiger partial charge on any atom is 0.407 e. The summed E-state index contributed by atoms with van der Waals surface area (Å²) in [5, 5.41) is 11.6. The highest BCUT2D eigenvalue weighted by Gasteiger charge is 2.38. The summed E-state index contributed by atoms with van der Waals surface area (Å²) in [5.41, 5.74) is -0.600. The average molecular weight is 335 g/mol. The van der Waals surface area contributed by atoms with Gasteiger partial charge in [-0.15, -0.1) is 11.8 Å². The quantitative estimate of drug-likeness (QED) is 0.686. The minimum absolute atomic E-state index is 0.0153. The van der Waals surface area contributed by atoms with Crippen molar-refractivity contribution in [2.45, 2.75) is 57.9 Å². The second-order valence-corrected chi connectivity index (χ2v) is 7.74. The lowest BCUT2D eigenvalue weighted by Gasteiger charge is -2.31. The summed E-state index contributed by atoms with van der Waals surface area (Å²) < 4.78 is 8.95. The van der Waals surface area contributed by atoms with E-state index in [1.54, 1.807) is 41.5 Å². The van der Waals surface area contributed by atoms with E-state index in [0.717, 1.165) is 11.8 Å².